The number of benzene rings is 1. The van der Waals surface area contributed by atoms with Crippen LogP contribution in [0.2, 0.25) is 5.02 Å². The van der Waals surface area contributed by atoms with Crippen LogP contribution in [0, 0.1) is 5.82 Å². The third kappa shape index (κ3) is 1.34. The van der Waals surface area contributed by atoms with Crippen LogP contribution in [0.25, 0.3) is 0 Å². The maximum absolute atomic E-state index is 12.8. The maximum Gasteiger partial charge on any atom is 0.141 e. The van der Waals surface area contributed by atoms with Gasteiger partial charge >= 0.3 is 0 Å². The van der Waals surface area contributed by atoms with E-state index < -0.39 is 0 Å². The van der Waals surface area contributed by atoms with E-state index in [-0.39, 0.29) is 10.8 Å². The molecule has 12 heavy (non-hydrogen) atoms. The SMILES string of the molecule is Fc1ccc(C2CCC2)cc1Cl. The first kappa shape index (κ1) is 8.06. The Morgan fingerprint density at radius 2 is 2.08 bits per heavy atom. The molecule has 2 heteroatoms. The minimum Gasteiger partial charge on any atom is -0.205 e. The molecule has 0 aliphatic heterocycles. The van der Waals surface area contributed by atoms with Gasteiger partial charge in [0.25, 0.3) is 0 Å². The summed E-state index contributed by atoms with van der Waals surface area (Å²) < 4.78 is 12.8. The van der Waals surface area contributed by atoms with E-state index in [9.17, 15) is 4.39 Å². The first-order valence-electron chi connectivity index (χ1n) is 4.22. The second-order valence-electron chi connectivity index (χ2n) is 3.30. The van der Waals surface area contributed by atoms with Crippen molar-refractivity contribution in [3.63, 3.8) is 0 Å². The highest BCUT2D eigenvalue weighted by molar-refractivity contribution is 6.30. The van der Waals surface area contributed by atoms with Crippen LogP contribution in [0.4, 0.5) is 4.39 Å². The van der Waals surface area contributed by atoms with Crippen LogP contribution in [-0.4, -0.2) is 0 Å². The van der Waals surface area contributed by atoms with Gasteiger partial charge in [-0.15, -0.1) is 0 Å². The van der Waals surface area contributed by atoms with E-state index in [0.29, 0.717) is 5.92 Å². The summed E-state index contributed by atoms with van der Waals surface area (Å²) in [7, 11) is 0. The van der Waals surface area contributed by atoms with Gasteiger partial charge in [-0.05, 0) is 36.5 Å². The van der Waals surface area contributed by atoms with E-state index in [1.807, 2.05) is 6.07 Å². The van der Waals surface area contributed by atoms with Crippen LogP contribution in [0.5, 0.6) is 0 Å². The highest BCUT2D eigenvalue weighted by Gasteiger charge is 2.19. The Morgan fingerprint density at radius 1 is 1.33 bits per heavy atom. The molecule has 0 amide bonds. The molecule has 1 fully saturated rings. The molecule has 1 aromatic carbocycles. The van der Waals surface area contributed by atoms with Crippen LogP contribution >= 0.6 is 11.6 Å². The normalized spacial score (nSPS) is 17.5. The molecule has 2 rings (SSSR count). The molecule has 1 aromatic rings. The Hall–Kier alpha value is -0.560. The number of hydrogen-bond donors (Lipinski definition) is 0. The van der Waals surface area contributed by atoms with Gasteiger partial charge in [-0.1, -0.05) is 24.1 Å². The molecule has 0 unspecified atom stereocenters. The summed E-state index contributed by atoms with van der Waals surface area (Å²) in [5, 5.41) is 0.249. The topological polar surface area (TPSA) is 0 Å². The maximum atomic E-state index is 12.8. The summed E-state index contributed by atoms with van der Waals surface area (Å²) in [5.41, 5.74) is 1.19. The molecule has 0 aromatic heterocycles. The minimum absolute atomic E-state index is 0.249. The van der Waals surface area contributed by atoms with E-state index in [4.69, 9.17) is 11.6 Å². The molecule has 0 heterocycles. The number of halogens is 2. The van der Waals surface area contributed by atoms with Crippen molar-refractivity contribution in [2.75, 3.05) is 0 Å². The van der Waals surface area contributed by atoms with Gasteiger partial charge in [0, 0.05) is 0 Å². The van der Waals surface area contributed by atoms with Crippen molar-refractivity contribution in [3.05, 3.63) is 34.6 Å². The van der Waals surface area contributed by atoms with Gasteiger partial charge in [-0.3, -0.25) is 0 Å². The summed E-state index contributed by atoms with van der Waals surface area (Å²) in [6.07, 6.45) is 3.74. The Bertz CT molecular complexity index is 292. The van der Waals surface area contributed by atoms with Crippen LogP contribution in [0.1, 0.15) is 30.7 Å². The number of rotatable bonds is 1. The first-order chi connectivity index (χ1) is 5.77. The zero-order chi connectivity index (χ0) is 8.55. The molecular weight excluding hydrogens is 175 g/mol. The summed E-state index contributed by atoms with van der Waals surface area (Å²) in [6, 6.07) is 5.04. The van der Waals surface area contributed by atoms with E-state index in [2.05, 4.69) is 0 Å². The lowest BCUT2D eigenvalue weighted by atomic mass is 9.80. The van der Waals surface area contributed by atoms with E-state index >= 15 is 0 Å². The zero-order valence-electron chi connectivity index (χ0n) is 6.69. The quantitative estimate of drug-likeness (QED) is 0.624. The van der Waals surface area contributed by atoms with Crippen LogP contribution in [0.15, 0.2) is 18.2 Å². The van der Waals surface area contributed by atoms with Gasteiger partial charge in [0.1, 0.15) is 5.82 Å². The standard InChI is InChI=1S/C10H10ClF/c11-9-6-8(4-5-10(9)12)7-2-1-3-7/h4-7H,1-3H2. The van der Waals surface area contributed by atoms with Gasteiger partial charge in [0.2, 0.25) is 0 Å². The Labute approximate surface area is 76.4 Å². The van der Waals surface area contributed by atoms with E-state index in [1.165, 1.54) is 30.9 Å². The summed E-state index contributed by atoms with van der Waals surface area (Å²) in [6.45, 7) is 0. The second-order valence-corrected chi connectivity index (χ2v) is 3.71. The van der Waals surface area contributed by atoms with Crippen molar-refractivity contribution in [1.82, 2.24) is 0 Å². The molecule has 0 nitrogen and oxygen atoms in total. The molecule has 0 bridgehead atoms. The minimum atomic E-state index is -0.320. The molecular formula is C10H10ClF. The Morgan fingerprint density at radius 3 is 2.58 bits per heavy atom. The Kier molecular flexibility index (Phi) is 2.05. The van der Waals surface area contributed by atoms with Crippen LogP contribution < -0.4 is 0 Å². The van der Waals surface area contributed by atoms with E-state index in [1.54, 1.807) is 6.07 Å². The molecule has 0 spiro atoms. The van der Waals surface area contributed by atoms with Gasteiger partial charge in [-0.2, -0.15) is 0 Å². The van der Waals surface area contributed by atoms with Gasteiger partial charge in [0.15, 0.2) is 0 Å². The van der Waals surface area contributed by atoms with Gasteiger partial charge in [0.05, 0.1) is 5.02 Å². The van der Waals surface area contributed by atoms with Crippen molar-refractivity contribution in [1.29, 1.82) is 0 Å². The molecule has 1 aliphatic rings. The lowest BCUT2D eigenvalue weighted by Crippen LogP contribution is -2.08. The Balaban J connectivity index is 2.27. The van der Waals surface area contributed by atoms with Crippen molar-refractivity contribution in [3.8, 4) is 0 Å². The first-order valence-corrected chi connectivity index (χ1v) is 4.60. The summed E-state index contributed by atoms with van der Waals surface area (Å²) >= 11 is 5.66. The van der Waals surface area contributed by atoms with Crippen molar-refractivity contribution >= 4 is 11.6 Å². The molecule has 0 saturated heterocycles. The molecule has 1 saturated carbocycles. The fourth-order valence-electron chi connectivity index (χ4n) is 1.51. The summed E-state index contributed by atoms with van der Waals surface area (Å²) in [5.74, 6) is 0.308. The third-order valence-electron chi connectivity index (χ3n) is 2.52. The van der Waals surface area contributed by atoms with Crippen LogP contribution in [0.3, 0.4) is 0 Å². The third-order valence-corrected chi connectivity index (χ3v) is 2.81. The van der Waals surface area contributed by atoms with Gasteiger partial charge in [-0.25, -0.2) is 4.39 Å². The predicted molar refractivity (Wildman–Crippen MR) is 48.0 cm³/mol. The molecule has 1 aliphatic carbocycles. The highest BCUT2D eigenvalue weighted by atomic mass is 35.5. The average molecular weight is 185 g/mol. The second kappa shape index (κ2) is 3.06. The van der Waals surface area contributed by atoms with Crippen LogP contribution in [-0.2, 0) is 0 Å². The monoisotopic (exact) mass is 184 g/mol. The zero-order valence-corrected chi connectivity index (χ0v) is 7.44. The van der Waals surface area contributed by atoms with Crippen molar-refractivity contribution in [2.45, 2.75) is 25.2 Å². The fourth-order valence-corrected chi connectivity index (χ4v) is 1.70. The fraction of sp³-hybridized carbons (Fsp3) is 0.400. The van der Waals surface area contributed by atoms with Crippen molar-refractivity contribution < 1.29 is 4.39 Å². The lowest BCUT2D eigenvalue weighted by molar-refractivity contribution is 0.419. The van der Waals surface area contributed by atoms with Crippen molar-refractivity contribution in [2.24, 2.45) is 0 Å². The molecule has 64 valence electrons. The van der Waals surface area contributed by atoms with Gasteiger partial charge < -0.3 is 0 Å². The molecule has 0 atom stereocenters. The smallest absolute Gasteiger partial charge is 0.141 e. The largest absolute Gasteiger partial charge is 0.205 e. The highest BCUT2D eigenvalue weighted by Crippen LogP contribution is 2.37. The van der Waals surface area contributed by atoms with E-state index in [0.717, 1.165) is 0 Å². The predicted octanol–water partition coefficient (Wildman–Crippen LogP) is 3.75. The lowest BCUT2D eigenvalue weighted by Gasteiger charge is -2.25. The average Bonchev–Trinajstić information content (AvgIpc) is 1.93. The molecule has 0 N–H and O–H groups in total. The number of hydrogen-bond acceptors (Lipinski definition) is 0. The molecule has 0 radical (unpaired) electrons. The summed E-state index contributed by atoms with van der Waals surface area (Å²) in [4.78, 5) is 0.